The zero-order valence-electron chi connectivity index (χ0n) is 9.32. The molecule has 16 heavy (non-hydrogen) atoms. The smallest absolute Gasteiger partial charge is 0.337 e. The summed E-state index contributed by atoms with van der Waals surface area (Å²) in [4.78, 5) is 11.3. The number of esters is 1. The van der Waals surface area contributed by atoms with Crippen LogP contribution >= 0.6 is 12.6 Å². The lowest BCUT2D eigenvalue weighted by atomic mass is 10.2. The molecule has 0 spiro atoms. The second-order valence-corrected chi connectivity index (χ2v) is 3.50. The number of hydrogen-bond donors (Lipinski definition) is 2. The van der Waals surface area contributed by atoms with Crippen molar-refractivity contribution in [1.82, 2.24) is 0 Å². The predicted octanol–water partition coefficient (Wildman–Crippen LogP) is 1.82. The molecule has 0 heterocycles. The lowest BCUT2D eigenvalue weighted by molar-refractivity contribution is 0.0601. The van der Waals surface area contributed by atoms with E-state index in [2.05, 4.69) is 22.7 Å². The maximum atomic E-state index is 11.3. The maximum Gasteiger partial charge on any atom is 0.337 e. The van der Waals surface area contributed by atoms with E-state index >= 15 is 0 Å². The average molecular weight is 241 g/mol. The van der Waals surface area contributed by atoms with E-state index in [0.717, 1.165) is 5.69 Å². The molecule has 0 amide bonds. The molecule has 0 saturated carbocycles. The second-order valence-electron chi connectivity index (χ2n) is 3.06. The molecule has 0 bridgehead atoms. The van der Waals surface area contributed by atoms with Crippen LogP contribution in [-0.2, 0) is 4.74 Å². The maximum absolute atomic E-state index is 11.3. The Labute approximate surface area is 100 Å². The third-order valence-corrected chi connectivity index (χ3v) is 2.27. The van der Waals surface area contributed by atoms with Crippen molar-refractivity contribution in [3.63, 3.8) is 0 Å². The molecule has 0 radical (unpaired) electrons. The highest BCUT2D eigenvalue weighted by molar-refractivity contribution is 7.80. The van der Waals surface area contributed by atoms with Gasteiger partial charge in [0.15, 0.2) is 0 Å². The summed E-state index contributed by atoms with van der Waals surface area (Å²) in [6, 6.07) is 5.09. The highest BCUT2D eigenvalue weighted by Gasteiger charge is 2.09. The number of rotatable bonds is 5. The third-order valence-electron chi connectivity index (χ3n) is 2.05. The molecule has 4 nitrogen and oxygen atoms in total. The van der Waals surface area contributed by atoms with Crippen LogP contribution in [0.15, 0.2) is 18.2 Å². The Bertz CT molecular complexity index is 368. The second kappa shape index (κ2) is 6.27. The van der Waals surface area contributed by atoms with Gasteiger partial charge in [-0.15, -0.1) is 0 Å². The highest BCUT2D eigenvalue weighted by atomic mass is 32.1. The van der Waals surface area contributed by atoms with Crippen molar-refractivity contribution >= 4 is 24.3 Å². The van der Waals surface area contributed by atoms with Crippen molar-refractivity contribution in [1.29, 1.82) is 0 Å². The van der Waals surface area contributed by atoms with Gasteiger partial charge in [-0.3, -0.25) is 0 Å². The van der Waals surface area contributed by atoms with Crippen LogP contribution < -0.4 is 10.1 Å². The van der Waals surface area contributed by atoms with Crippen molar-refractivity contribution in [2.75, 3.05) is 31.8 Å². The van der Waals surface area contributed by atoms with E-state index in [1.165, 1.54) is 7.11 Å². The molecule has 0 atom stereocenters. The van der Waals surface area contributed by atoms with Gasteiger partial charge < -0.3 is 14.8 Å². The van der Waals surface area contributed by atoms with Gasteiger partial charge in [-0.2, -0.15) is 12.6 Å². The van der Waals surface area contributed by atoms with Crippen LogP contribution in [0.25, 0.3) is 0 Å². The quantitative estimate of drug-likeness (QED) is 0.610. The molecule has 5 heteroatoms. The summed E-state index contributed by atoms with van der Waals surface area (Å²) in [5.74, 6) is 1.03. The molecule has 0 unspecified atom stereocenters. The van der Waals surface area contributed by atoms with E-state index in [9.17, 15) is 4.79 Å². The molecule has 1 rings (SSSR count). The first kappa shape index (κ1) is 12.7. The number of carbonyl (C=O) groups is 1. The van der Waals surface area contributed by atoms with Crippen LogP contribution in [0.2, 0.25) is 0 Å². The van der Waals surface area contributed by atoms with Crippen molar-refractivity contribution in [2.24, 2.45) is 0 Å². The van der Waals surface area contributed by atoms with Gasteiger partial charge in [-0.25, -0.2) is 4.79 Å². The SMILES string of the molecule is COC(=O)c1ccc(OC)c(NCCS)c1. The van der Waals surface area contributed by atoms with E-state index in [-0.39, 0.29) is 5.97 Å². The van der Waals surface area contributed by atoms with Crippen LogP contribution in [0, 0.1) is 0 Å². The minimum Gasteiger partial charge on any atom is -0.495 e. The number of ether oxygens (including phenoxy) is 2. The first-order valence-electron chi connectivity index (χ1n) is 4.84. The van der Waals surface area contributed by atoms with E-state index in [0.29, 0.717) is 23.6 Å². The summed E-state index contributed by atoms with van der Waals surface area (Å²) in [7, 11) is 2.94. The Kier molecular flexibility index (Phi) is 4.98. The first-order valence-corrected chi connectivity index (χ1v) is 5.47. The molecule has 0 aliphatic carbocycles. The summed E-state index contributed by atoms with van der Waals surface area (Å²) >= 11 is 4.10. The lowest BCUT2D eigenvalue weighted by Crippen LogP contribution is -2.07. The molecule has 1 aromatic carbocycles. The Morgan fingerprint density at radius 2 is 2.19 bits per heavy atom. The average Bonchev–Trinajstić information content (AvgIpc) is 2.34. The largest absolute Gasteiger partial charge is 0.495 e. The van der Waals surface area contributed by atoms with Crippen LogP contribution in [0.4, 0.5) is 5.69 Å². The zero-order valence-corrected chi connectivity index (χ0v) is 10.2. The lowest BCUT2D eigenvalue weighted by Gasteiger charge is -2.11. The highest BCUT2D eigenvalue weighted by Crippen LogP contribution is 2.25. The van der Waals surface area contributed by atoms with Crippen molar-refractivity contribution in [3.05, 3.63) is 23.8 Å². The van der Waals surface area contributed by atoms with E-state index in [4.69, 9.17) is 4.74 Å². The summed E-state index contributed by atoms with van der Waals surface area (Å²) in [6.07, 6.45) is 0. The van der Waals surface area contributed by atoms with Crippen LogP contribution in [0.5, 0.6) is 5.75 Å². The molecule has 0 fully saturated rings. The third kappa shape index (κ3) is 3.06. The number of benzene rings is 1. The van der Waals surface area contributed by atoms with E-state index in [1.54, 1.807) is 25.3 Å². The van der Waals surface area contributed by atoms with Gasteiger partial charge >= 0.3 is 5.97 Å². The van der Waals surface area contributed by atoms with Crippen LogP contribution in [0.3, 0.4) is 0 Å². The van der Waals surface area contributed by atoms with Gasteiger partial charge in [0.1, 0.15) is 5.75 Å². The zero-order chi connectivity index (χ0) is 12.0. The summed E-state index contributed by atoms with van der Waals surface area (Å²) in [6.45, 7) is 0.699. The monoisotopic (exact) mass is 241 g/mol. The summed E-state index contributed by atoms with van der Waals surface area (Å²) in [5, 5.41) is 3.12. The fourth-order valence-electron chi connectivity index (χ4n) is 1.28. The van der Waals surface area contributed by atoms with Gasteiger partial charge in [0.25, 0.3) is 0 Å². The van der Waals surface area contributed by atoms with Gasteiger partial charge in [0, 0.05) is 12.3 Å². The molecule has 0 aliphatic rings. The Balaban J connectivity index is 2.96. The Morgan fingerprint density at radius 1 is 1.44 bits per heavy atom. The molecule has 0 aliphatic heterocycles. The Hall–Kier alpha value is -1.36. The standard InChI is InChI=1S/C11H15NO3S/c1-14-10-4-3-8(11(13)15-2)7-9(10)12-5-6-16/h3-4,7,12,16H,5-6H2,1-2H3. The molecule has 0 aromatic heterocycles. The Morgan fingerprint density at radius 3 is 2.75 bits per heavy atom. The number of anilines is 1. The van der Waals surface area contributed by atoms with Gasteiger partial charge in [0.2, 0.25) is 0 Å². The van der Waals surface area contributed by atoms with Gasteiger partial charge in [-0.1, -0.05) is 0 Å². The number of thiol groups is 1. The number of nitrogens with one attached hydrogen (secondary N) is 1. The summed E-state index contributed by atoms with van der Waals surface area (Å²) < 4.78 is 9.82. The van der Waals surface area contributed by atoms with Crippen molar-refractivity contribution < 1.29 is 14.3 Å². The first-order chi connectivity index (χ1) is 7.72. The number of methoxy groups -OCH3 is 2. The molecule has 88 valence electrons. The molecule has 0 saturated heterocycles. The molecular weight excluding hydrogens is 226 g/mol. The van der Waals surface area contributed by atoms with Gasteiger partial charge in [-0.05, 0) is 18.2 Å². The minimum absolute atomic E-state index is 0.364. The van der Waals surface area contributed by atoms with E-state index < -0.39 is 0 Å². The minimum atomic E-state index is -0.364. The molecular formula is C11H15NO3S. The fraction of sp³-hybridized carbons (Fsp3) is 0.364. The topological polar surface area (TPSA) is 47.6 Å². The van der Waals surface area contributed by atoms with Gasteiger partial charge in [0.05, 0.1) is 25.5 Å². The van der Waals surface area contributed by atoms with Crippen LogP contribution in [-0.4, -0.2) is 32.5 Å². The normalized spacial score (nSPS) is 9.69. The predicted molar refractivity (Wildman–Crippen MR) is 66.7 cm³/mol. The number of hydrogen-bond acceptors (Lipinski definition) is 5. The van der Waals surface area contributed by atoms with Crippen molar-refractivity contribution in [3.8, 4) is 5.75 Å². The number of carbonyl (C=O) groups excluding carboxylic acids is 1. The summed E-state index contributed by atoms with van der Waals surface area (Å²) in [5.41, 5.74) is 1.25. The fourth-order valence-corrected chi connectivity index (χ4v) is 1.39. The molecule has 1 N–H and O–H groups in total. The van der Waals surface area contributed by atoms with Crippen LogP contribution in [0.1, 0.15) is 10.4 Å². The van der Waals surface area contributed by atoms with Crippen molar-refractivity contribution in [2.45, 2.75) is 0 Å². The van der Waals surface area contributed by atoms with E-state index in [1.807, 2.05) is 0 Å². The molecule has 1 aromatic rings.